The highest BCUT2D eigenvalue weighted by Gasteiger charge is 2.24. The summed E-state index contributed by atoms with van der Waals surface area (Å²) in [5, 5.41) is 15.3. The highest BCUT2D eigenvalue weighted by atomic mass is 15.1. The molecular weight excluding hydrogens is 258 g/mol. The van der Waals surface area contributed by atoms with Crippen molar-refractivity contribution in [3.8, 4) is 6.07 Å². The van der Waals surface area contributed by atoms with Crippen LogP contribution in [-0.4, -0.2) is 16.7 Å². The molecule has 0 bridgehead atoms. The van der Waals surface area contributed by atoms with Gasteiger partial charge in [0.05, 0.1) is 12.6 Å². The molecule has 0 spiro atoms. The topological polar surface area (TPSA) is 40.8 Å². The molecule has 0 radical (unpaired) electrons. The van der Waals surface area contributed by atoms with E-state index in [1.54, 1.807) is 0 Å². The first-order chi connectivity index (χ1) is 10.2. The summed E-state index contributed by atoms with van der Waals surface area (Å²) in [6.45, 7) is 5.40. The van der Waals surface area contributed by atoms with Gasteiger partial charge in [-0.25, -0.2) is 0 Å². The minimum Gasteiger partial charge on any atom is -0.338 e. The van der Waals surface area contributed by atoms with E-state index in [-0.39, 0.29) is 0 Å². The normalized spacial score (nSPS) is 14.1. The molecule has 0 aliphatic carbocycles. The lowest BCUT2D eigenvalue weighted by Gasteiger charge is -2.24. The van der Waals surface area contributed by atoms with Crippen LogP contribution in [0.4, 0.5) is 0 Å². The van der Waals surface area contributed by atoms with Crippen molar-refractivity contribution >= 4 is 21.8 Å². The Bertz CT molecular complexity index is 772. The van der Waals surface area contributed by atoms with E-state index in [0.29, 0.717) is 6.54 Å². The number of nitrogens with zero attached hydrogens (tertiary/aromatic N) is 2. The molecule has 0 aliphatic heterocycles. The van der Waals surface area contributed by atoms with Gasteiger partial charge in [-0.15, -0.1) is 0 Å². The summed E-state index contributed by atoms with van der Waals surface area (Å²) in [5.41, 5.74) is 1.79. The summed E-state index contributed by atoms with van der Waals surface area (Å²) < 4.78 is 2.25. The van der Waals surface area contributed by atoms with Crippen LogP contribution in [0.25, 0.3) is 21.8 Å². The van der Waals surface area contributed by atoms with Crippen molar-refractivity contribution in [3.05, 3.63) is 48.5 Å². The summed E-state index contributed by atoms with van der Waals surface area (Å²) >= 11 is 0. The van der Waals surface area contributed by atoms with E-state index in [1.807, 2.05) is 13.8 Å². The molecule has 0 aliphatic rings. The van der Waals surface area contributed by atoms with Crippen molar-refractivity contribution in [3.63, 3.8) is 0 Å². The number of nitrogens with one attached hydrogen (secondary N) is 1. The number of aromatic nitrogens is 1. The highest BCUT2D eigenvalue weighted by Crippen LogP contribution is 2.29. The lowest BCUT2D eigenvalue weighted by atomic mass is 10.0. The van der Waals surface area contributed by atoms with Gasteiger partial charge in [0.15, 0.2) is 0 Å². The average Bonchev–Trinajstić information content (AvgIpc) is 2.83. The Labute approximate surface area is 124 Å². The number of likely N-dealkylation sites (N-methyl/N-ethyl adjacent to an activating group) is 1. The van der Waals surface area contributed by atoms with Crippen LogP contribution in [0, 0.1) is 11.3 Å². The molecule has 3 aromatic rings. The predicted octanol–water partition coefficient (Wildman–Crippen LogP) is 3.69. The van der Waals surface area contributed by atoms with Crippen molar-refractivity contribution < 1.29 is 0 Å². The predicted molar refractivity (Wildman–Crippen MR) is 87.1 cm³/mol. The van der Waals surface area contributed by atoms with Crippen LogP contribution in [0.1, 0.15) is 13.8 Å². The Morgan fingerprint density at radius 2 is 1.57 bits per heavy atom. The molecule has 0 amide bonds. The number of nitriles is 1. The molecule has 1 unspecified atom stereocenters. The number of para-hydroxylation sites is 2. The molecule has 0 saturated heterocycles. The van der Waals surface area contributed by atoms with E-state index < -0.39 is 5.54 Å². The van der Waals surface area contributed by atoms with Crippen molar-refractivity contribution in [2.45, 2.75) is 25.9 Å². The molecule has 0 saturated carbocycles. The second kappa shape index (κ2) is 5.23. The van der Waals surface area contributed by atoms with Crippen LogP contribution in [0.2, 0.25) is 0 Å². The molecule has 1 N–H and O–H groups in total. The van der Waals surface area contributed by atoms with Gasteiger partial charge in [-0.2, -0.15) is 5.26 Å². The van der Waals surface area contributed by atoms with E-state index >= 15 is 0 Å². The summed E-state index contributed by atoms with van der Waals surface area (Å²) in [6, 6.07) is 19.2. The quantitative estimate of drug-likeness (QED) is 0.790. The second-order valence-electron chi connectivity index (χ2n) is 5.59. The van der Waals surface area contributed by atoms with Gasteiger partial charge in [0.2, 0.25) is 0 Å². The summed E-state index contributed by atoms with van der Waals surface area (Å²) in [5.74, 6) is 0. The summed E-state index contributed by atoms with van der Waals surface area (Å²) in [7, 11) is 0. The lowest BCUT2D eigenvalue weighted by Crippen LogP contribution is -2.44. The zero-order valence-corrected chi connectivity index (χ0v) is 12.4. The fourth-order valence-corrected chi connectivity index (χ4v) is 3.01. The van der Waals surface area contributed by atoms with E-state index in [0.717, 1.165) is 6.54 Å². The lowest BCUT2D eigenvalue weighted by molar-refractivity contribution is 0.408. The van der Waals surface area contributed by atoms with Gasteiger partial charge in [0.1, 0.15) is 5.54 Å². The summed E-state index contributed by atoms with van der Waals surface area (Å²) in [4.78, 5) is 0. The minimum atomic E-state index is -0.570. The van der Waals surface area contributed by atoms with Gasteiger partial charge in [-0.05, 0) is 25.6 Å². The molecule has 1 atom stereocenters. The van der Waals surface area contributed by atoms with Gasteiger partial charge in [0, 0.05) is 21.8 Å². The van der Waals surface area contributed by atoms with Gasteiger partial charge < -0.3 is 4.57 Å². The molecule has 21 heavy (non-hydrogen) atoms. The molecule has 106 valence electrons. The monoisotopic (exact) mass is 277 g/mol. The Balaban J connectivity index is 2.23. The first-order valence-electron chi connectivity index (χ1n) is 7.31. The first-order valence-corrected chi connectivity index (χ1v) is 7.31. The zero-order chi connectivity index (χ0) is 14.9. The number of hydrogen-bond acceptors (Lipinski definition) is 2. The maximum atomic E-state index is 9.53. The summed E-state index contributed by atoms with van der Waals surface area (Å²) in [6.07, 6.45) is 0. The van der Waals surface area contributed by atoms with Crippen LogP contribution in [-0.2, 0) is 6.54 Å². The van der Waals surface area contributed by atoms with Crippen LogP contribution < -0.4 is 5.32 Å². The van der Waals surface area contributed by atoms with Crippen LogP contribution in [0.3, 0.4) is 0 Å². The van der Waals surface area contributed by atoms with E-state index in [4.69, 9.17) is 0 Å². The van der Waals surface area contributed by atoms with E-state index in [1.165, 1.54) is 21.8 Å². The SMILES string of the molecule is CCNC(C)(C#N)Cn1c2ccccc2c2ccccc21. The molecule has 3 rings (SSSR count). The van der Waals surface area contributed by atoms with Gasteiger partial charge in [-0.3, -0.25) is 5.32 Å². The second-order valence-corrected chi connectivity index (χ2v) is 5.59. The fraction of sp³-hybridized carbons (Fsp3) is 0.278. The maximum absolute atomic E-state index is 9.53. The Morgan fingerprint density at radius 1 is 1.05 bits per heavy atom. The van der Waals surface area contributed by atoms with Crippen LogP contribution in [0.15, 0.2) is 48.5 Å². The average molecular weight is 277 g/mol. The Morgan fingerprint density at radius 3 is 2.05 bits per heavy atom. The first kappa shape index (κ1) is 13.7. The van der Waals surface area contributed by atoms with Crippen molar-refractivity contribution in [2.24, 2.45) is 0 Å². The number of hydrogen-bond donors (Lipinski definition) is 1. The van der Waals surface area contributed by atoms with Gasteiger partial charge in [0.25, 0.3) is 0 Å². The molecule has 0 fully saturated rings. The fourth-order valence-electron chi connectivity index (χ4n) is 3.01. The number of fused-ring (bicyclic) bond motifs is 3. The van der Waals surface area contributed by atoms with E-state index in [9.17, 15) is 5.26 Å². The van der Waals surface area contributed by atoms with Gasteiger partial charge >= 0.3 is 0 Å². The van der Waals surface area contributed by atoms with Crippen LogP contribution in [0.5, 0.6) is 0 Å². The molecule has 3 nitrogen and oxygen atoms in total. The maximum Gasteiger partial charge on any atom is 0.121 e. The molecule has 2 aromatic carbocycles. The Hall–Kier alpha value is -2.31. The molecule has 3 heteroatoms. The third kappa shape index (κ3) is 2.28. The third-order valence-corrected chi connectivity index (χ3v) is 3.97. The smallest absolute Gasteiger partial charge is 0.121 e. The van der Waals surface area contributed by atoms with Crippen LogP contribution >= 0.6 is 0 Å². The largest absolute Gasteiger partial charge is 0.338 e. The number of rotatable bonds is 4. The molecular formula is C18H19N3. The third-order valence-electron chi connectivity index (χ3n) is 3.97. The molecule has 1 heterocycles. The highest BCUT2D eigenvalue weighted by molar-refractivity contribution is 6.07. The van der Waals surface area contributed by atoms with Crippen molar-refractivity contribution in [2.75, 3.05) is 6.54 Å². The number of benzene rings is 2. The minimum absolute atomic E-state index is 0.570. The zero-order valence-electron chi connectivity index (χ0n) is 12.4. The molecule has 1 aromatic heterocycles. The van der Waals surface area contributed by atoms with Gasteiger partial charge in [-0.1, -0.05) is 43.3 Å². The van der Waals surface area contributed by atoms with E-state index in [2.05, 4.69) is 64.5 Å². The van der Waals surface area contributed by atoms with Crippen molar-refractivity contribution in [1.29, 1.82) is 5.26 Å². The standard InChI is InChI=1S/C18H19N3/c1-3-20-18(2,12-19)13-21-16-10-6-4-8-14(16)15-9-5-7-11-17(15)21/h4-11,20H,3,13H2,1-2H3. The Kier molecular flexibility index (Phi) is 3.40. The van der Waals surface area contributed by atoms with Crippen molar-refractivity contribution in [1.82, 2.24) is 9.88 Å².